The average Bonchev–Trinajstić information content (AvgIpc) is 2.56. The molecule has 2 N–H and O–H groups in total. The second-order valence-electron chi connectivity index (χ2n) is 4.47. The third kappa shape index (κ3) is 3.97. The molecule has 23 heavy (non-hydrogen) atoms. The summed E-state index contributed by atoms with van der Waals surface area (Å²) in [4.78, 5) is 12.7. The molecule has 0 aliphatic heterocycles. The van der Waals surface area contributed by atoms with E-state index in [4.69, 9.17) is 15.2 Å². The zero-order valence-electron chi connectivity index (χ0n) is 13.0. The van der Waals surface area contributed by atoms with Crippen LogP contribution < -0.4 is 15.2 Å². The quantitative estimate of drug-likeness (QED) is 0.480. The summed E-state index contributed by atoms with van der Waals surface area (Å²) in [6.07, 6.45) is 5.26. The van der Waals surface area contributed by atoms with Crippen LogP contribution in [0.2, 0.25) is 0 Å². The van der Waals surface area contributed by atoms with E-state index in [-0.39, 0.29) is 11.7 Å². The molecule has 0 saturated carbocycles. The first-order valence-corrected chi connectivity index (χ1v) is 6.82. The summed E-state index contributed by atoms with van der Waals surface area (Å²) >= 11 is 0. The van der Waals surface area contributed by atoms with Gasteiger partial charge in [0.1, 0.15) is 24.8 Å². The maximum Gasteiger partial charge on any atom is 0.233 e. The van der Waals surface area contributed by atoms with Gasteiger partial charge in [0, 0.05) is 0 Å². The number of nitrogen functional groups attached to an aromatic ring is 1. The summed E-state index contributed by atoms with van der Waals surface area (Å²) in [6, 6.07) is 5.60. The molecule has 1 heterocycles. The lowest BCUT2D eigenvalue weighted by atomic mass is 10.1. The smallest absolute Gasteiger partial charge is 0.233 e. The normalized spacial score (nSPS) is 10.5. The number of oxime groups is 1. The molecule has 0 saturated heterocycles. The lowest BCUT2D eigenvalue weighted by Crippen LogP contribution is -2.03. The van der Waals surface area contributed by atoms with Crippen molar-refractivity contribution in [2.24, 2.45) is 5.16 Å². The van der Waals surface area contributed by atoms with E-state index in [9.17, 15) is 0 Å². The van der Waals surface area contributed by atoms with E-state index in [0.717, 1.165) is 12.0 Å². The Hall–Kier alpha value is -3.09. The summed E-state index contributed by atoms with van der Waals surface area (Å²) in [5.41, 5.74) is 7.32. The van der Waals surface area contributed by atoms with E-state index in [1.165, 1.54) is 19.7 Å². The number of anilines is 1. The van der Waals surface area contributed by atoms with Gasteiger partial charge >= 0.3 is 0 Å². The molecule has 2 aromatic rings. The van der Waals surface area contributed by atoms with Gasteiger partial charge < -0.3 is 20.0 Å². The summed E-state index contributed by atoms with van der Waals surface area (Å²) in [5, 5.41) is 3.68. The Labute approximate surface area is 134 Å². The van der Waals surface area contributed by atoms with Gasteiger partial charge in [0.05, 0.1) is 13.3 Å². The van der Waals surface area contributed by atoms with Gasteiger partial charge in [-0.25, -0.2) is 9.97 Å². The molecule has 0 fully saturated rings. The number of hydrogen-bond acceptors (Lipinski definition) is 7. The van der Waals surface area contributed by atoms with Crippen LogP contribution in [0, 0.1) is 0 Å². The summed E-state index contributed by atoms with van der Waals surface area (Å²) < 4.78 is 11.2. The van der Waals surface area contributed by atoms with Crippen molar-refractivity contribution in [3.8, 4) is 17.4 Å². The van der Waals surface area contributed by atoms with Crippen LogP contribution in [0.3, 0.4) is 0 Å². The van der Waals surface area contributed by atoms with Crippen molar-refractivity contribution < 1.29 is 14.3 Å². The highest BCUT2D eigenvalue weighted by atomic mass is 16.6. The van der Waals surface area contributed by atoms with Crippen LogP contribution in [-0.4, -0.2) is 30.4 Å². The second kappa shape index (κ2) is 7.79. The Bertz CT molecular complexity index is 716. The number of ether oxygens (including phenoxy) is 2. The van der Waals surface area contributed by atoms with Crippen molar-refractivity contribution in [2.75, 3.05) is 20.0 Å². The van der Waals surface area contributed by atoms with Crippen molar-refractivity contribution in [3.63, 3.8) is 0 Å². The maximum atomic E-state index is 5.83. The van der Waals surface area contributed by atoms with E-state index in [1.54, 1.807) is 13.2 Å². The zero-order valence-corrected chi connectivity index (χ0v) is 13.0. The molecule has 0 aliphatic rings. The fourth-order valence-corrected chi connectivity index (χ4v) is 1.89. The van der Waals surface area contributed by atoms with Crippen LogP contribution in [0.1, 0.15) is 11.1 Å². The number of nitrogens with two attached hydrogens (primary N) is 1. The van der Waals surface area contributed by atoms with E-state index < -0.39 is 0 Å². The molecule has 120 valence electrons. The van der Waals surface area contributed by atoms with E-state index in [1.807, 2.05) is 18.2 Å². The molecular weight excluding hydrogens is 296 g/mol. The molecule has 2 rings (SSSR count). The lowest BCUT2D eigenvalue weighted by molar-refractivity contribution is 0.215. The van der Waals surface area contributed by atoms with E-state index in [0.29, 0.717) is 17.1 Å². The van der Waals surface area contributed by atoms with Gasteiger partial charge in [-0.1, -0.05) is 17.3 Å². The number of aromatic nitrogens is 2. The number of nitrogens with zero attached hydrogens (tertiary/aromatic N) is 3. The van der Waals surface area contributed by atoms with Gasteiger partial charge in [-0.3, -0.25) is 0 Å². The van der Waals surface area contributed by atoms with Crippen LogP contribution >= 0.6 is 0 Å². The molecule has 0 spiro atoms. The number of allylic oxidation sites excluding steroid dienone is 1. The Morgan fingerprint density at radius 2 is 2.09 bits per heavy atom. The Morgan fingerprint density at radius 3 is 2.78 bits per heavy atom. The molecular formula is C16H18N4O3. The summed E-state index contributed by atoms with van der Waals surface area (Å²) in [7, 11) is 3.00. The largest absolute Gasteiger partial charge is 0.493 e. The first kappa shape index (κ1) is 16.3. The molecule has 0 bridgehead atoms. The summed E-state index contributed by atoms with van der Waals surface area (Å²) in [6.45, 7) is 3.72. The number of benzene rings is 1. The number of hydrogen-bond donors (Lipinski definition) is 1. The van der Waals surface area contributed by atoms with Gasteiger partial charge in [-0.15, -0.1) is 6.58 Å². The molecule has 1 aromatic heterocycles. The van der Waals surface area contributed by atoms with Crippen LogP contribution in [-0.2, 0) is 11.3 Å². The predicted molar refractivity (Wildman–Crippen MR) is 88.0 cm³/mol. The van der Waals surface area contributed by atoms with Crippen molar-refractivity contribution in [3.05, 3.63) is 48.3 Å². The lowest BCUT2D eigenvalue weighted by Gasteiger charge is -2.12. The van der Waals surface area contributed by atoms with Gasteiger partial charge in [0.15, 0.2) is 11.5 Å². The fourth-order valence-electron chi connectivity index (χ4n) is 1.89. The van der Waals surface area contributed by atoms with E-state index >= 15 is 0 Å². The second-order valence-corrected chi connectivity index (χ2v) is 4.47. The summed E-state index contributed by atoms with van der Waals surface area (Å²) in [5.74, 6) is 1.58. The molecule has 0 atom stereocenters. The highest BCUT2D eigenvalue weighted by molar-refractivity contribution is 5.88. The van der Waals surface area contributed by atoms with Crippen molar-refractivity contribution in [1.82, 2.24) is 9.97 Å². The molecule has 7 nitrogen and oxygen atoms in total. The van der Waals surface area contributed by atoms with Crippen molar-refractivity contribution in [1.29, 1.82) is 0 Å². The van der Waals surface area contributed by atoms with Gasteiger partial charge in [-0.2, -0.15) is 0 Å². The molecule has 1 aromatic carbocycles. The van der Waals surface area contributed by atoms with Gasteiger partial charge in [-0.05, 0) is 24.1 Å². The fraction of sp³-hybridized carbons (Fsp3) is 0.188. The Kier molecular flexibility index (Phi) is 5.51. The van der Waals surface area contributed by atoms with Crippen LogP contribution in [0.4, 0.5) is 5.82 Å². The molecule has 7 heteroatoms. The first-order valence-electron chi connectivity index (χ1n) is 6.82. The van der Waals surface area contributed by atoms with Gasteiger partial charge in [0.2, 0.25) is 5.88 Å². The minimum absolute atomic E-state index is 0.234. The van der Waals surface area contributed by atoms with Gasteiger partial charge in [0.25, 0.3) is 0 Å². The number of rotatable bonds is 7. The number of methoxy groups -OCH3 is 1. The standard InChI is InChI=1S/C16H18N4O3/c1-4-5-11-6-7-13(14(8-11)21-2)23-16-12(9-20-22-3)15(17)18-10-19-16/h4,6-10H,1,5H2,2-3H3,(H2,17,18,19)/b20-9-. The Balaban J connectivity index is 2.37. The highest BCUT2D eigenvalue weighted by Gasteiger charge is 2.13. The van der Waals surface area contributed by atoms with Crippen LogP contribution in [0.25, 0.3) is 0 Å². The minimum atomic E-state index is 0.234. The van der Waals surface area contributed by atoms with Crippen molar-refractivity contribution >= 4 is 12.0 Å². The van der Waals surface area contributed by atoms with E-state index in [2.05, 4.69) is 26.5 Å². The minimum Gasteiger partial charge on any atom is -0.493 e. The van der Waals surface area contributed by atoms with Crippen molar-refractivity contribution in [2.45, 2.75) is 6.42 Å². The average molecular weight is 314 g/mol. The molecule has 0 unspecified atom stereocenters. The first-order chi connectivity index (χ1) is 11.2. The molecule has 0 amide bonds. The molecule has 0 radical (unpaired) electrons. The third-order valence-electron chi connectivity index (χ3n) is 2.98. The maximum absolute atomic E-state index is 5.83. The highest BCUT2D eigenvalue weighted by Crippen LogP contribution is 2.33. The van der Waals surface area contributed by atoms with Crippen LogP contribution in [0.15, 0.2) is 42.3 Å². The third-order valence-corrected chi connectivity index (χ3v) is 2.98. The predicted octanol–water partition coefficient (Wildman–Crippen LogP) is 2.57. The topological polar surface area (TPSA) is 91.9 Å². The van der Waals surface area contributed by atoms with Crippen LogP contribution in [0.5, 0.6) is 17.4 Å². The Morgan fingerprint density at radius 1 is 1.26 bits per heavy atom. The zero-order chi connectivity index (χ0) is 16.7. The monoisotopic (exact) mass is 314 g/mol. The molecule has 0 aliphatic carbocycles. The SMILES string of the molecule is C=CCc1ccc(Oc2ncnc(N)c2/C=N\OC)c(OC)c1.